The van der Waals surface area contributed by atoms with E-state index in [1.807, 2.05) is 0 Å². The lowest BCUT2D eigenvalue weighted by atomic mass is 10.0. The number of carbonyl (C=O) groups excluding carboxylic acids is 2. The lowest BCUT2D eigenvalue weighted by Crippen LogP contribution is -2.37. The van der Waals surface area contributed by atoms with Crippen LogP contribution in [0.25, 0.3) is 0 Å². The fourth-order valence-electron chi connectivity index (χ4n) is 3.47. The van der Waals surface area contributed by atoms with Crippen molar-refractivity contribution in [1.29, 1.82) is 0 Å². The van der Waals surface area contributed by atoms with Crippen molar-refractivity contribution in [3.05, 3.63) is 52.5 Å². The summed E-state index contributed by atoms with van der Waals surface area (Å²) in [5.74, 6) is -0.400. The van der Waals surface area contributed by atoms with Crippen LogP contribution in [0.4, 0.5) is 5.69 Å². The molecule has 1 aliphatic rings. The maximum Gasteiger partial charge on any atom is 0.338 e. The number of nitrogens with zero attached hydrogens (tertiary/aromatic N) is 1. The topological polar surface area (TPSA) is 102 Å². The number of hydrogen-bond donors (Lipinski definition) is 1. The van der Waals surface area contributed by atoms with Crippen LogP contribution in [0.2, 0.25) is 5.02 Å². The number of hydrogen-bond acceptors (Lipinski definition) is 6. The highest BCUT2D eigenvalue weighted by atomic mass is 35.5. The van der Waals surface area contributed by atoms with Gasteiger partial charge in [-0.3, -0.25) is 4.79 Å². The monoisotopic (exact) mass is 494 g/mol. The van der Waals surface area contributed by atoms with E-state index in [2.05, 4.69) is 12.2 Å². The fraction of sp³-hybridized carbons (Fsp3) is 0.391. The number of benzene rings is 2. The van der Waals surface area contributed by atoms with Gasteiger partial charge in [-0.2, -0.15) is 4.31 Å². The number of anilines is 1. The molecule has 1 saturated heterocycles. The van der Waals surface area contributed by atoms with Gasteiger partial charge < -0.3 is 14.8 Å². The van der Waals surface area contributed by atoms with E-state index >= 15 is 0 Å². The number of ether oxygens (including phenoxy) is 2. The highest BCUT2D eigenvalue weighted by Gasteiger charge is 2.28. The highest BCUT2D eigenvalue weighted by Crippen LogP contribution is 2.31. The minimum absolute atomic E-state index is 0.122. The molecule has 10 heteroatoms. The summed E-state index contributed by atoms with van der Waals surface area (Å²) in [5.41, 5.74) is 1.30. The molecule has 0 aromatic heterocycles. The van der Waals surface area contributed by atoms with Gasteiger partial charge in [-0.25, -0.2) is 13.2 Å². The van der Waals surface area contributed by atoms with E-state index in [0.29, 0.717) is 35.5 Å². The van der Waals surface area contributed by atoms with Gasteiger partial charge in [0.05, 0.1) is 23.3 Å². The Kier molecular flexibility index (Phi) is 7.99. The predicted octanol–water partition coefficient (Wildman–Crippen LogP) is 3.87. The van der Waals surface area contributed by atoms with Crippen molar-refractivity contribution < 1.29 is 27.5 Å². The summed E-state index contributed by atoms with van der Waals surface area (Å²) < 4.78 is 37.3. The molecule has 3 rings (SSSR count). The van der Waals surface area contributed by atoms with Crippen LogP contribution in [-0.2, 0) is 19.6 Å². The SMILES string of the molecule is COc1cc(Cl)c(C)cc1NC(=O)COC(=O)c1ccc(S(=O)(=O)N2CCC(C)CC2)cc1. The van der Waals surface area contributed by atoms with E-state index in [1.165, 1.54) is 35.7 Å². The molecule has 2 aromatic rings. The van der Waals surface area contributed by atoms with Gasteiger partial charge in [0.15, 0.2) is 6.61 Å². The van der Waals surface area contributed by atoms with Crippen LogP contribution in [-0.4, -0.2) is 51.4 Å². The summed E-state index contributed by atoms with van der Waals surface area (Å²) >= 11 is 6.06. The summed E-state index contributed by atoms with van der Waals surface area (Å²) in [4.78, 5) is 24.7. The third-order valence-corrected chi connectivity index (χ3v) is 7.88. The Bertz CT molecular complexity index is 1130. The smallest absolute Gasteiger partial charge is 0.338 e. The standard InChI is InChI=1S/C23H27ClN2O6S/c1-15-8-10-26(11-9-15)33(29,30)18-6-4-17(5-7-18)23(28)32-14-22(27)25-20-12-16(2)19(24)13-21(20)31-3/h4-7,12-13,15H,8-11,14H2,1-3H3,(H,25,27). The Morgan fingerprint density at radius 3 is 2.39 bits per heavy atom. The Balaban J connectivity index is 1.59. The number of amides is 1. The Labute approximate surface area is 198 Å². The van der Waals surface area contributed by atoms with Crippen molar-refractivity contribution in [2.45, 2.75) is 31.6 Å². The molecule has 1 aliphatic heterocycles. The first-order valence-corrected chi connectivity index (χ1v) is 12.3. The third-order valence-electron chi connectivity index (χ3n) is 5.56. The van der Waals surface area contributed by atoms with Gasteiger partial charge in [0.25, 0.3) is 5.91 Å². The first-order valence-electron chi connectivity index (χ1n) is 10.5. The van der Waals surface area contributed by atoms with E-state index in [0.717, 1.165) is 18.4 Å². The summed E-state index contributed by atoms with van der Waals surface area (Å²) in [7, 11) is -2.15. The number of halogens is 1. The van der Waals surface area contributed by atoms with E-state index in [1.54, 1.807) is 19.1 Å². The fourth-order valence-corrected chi connectivity index (χ4v) is 5.09. The Hall–Kier alpha value is -2.62. The van der Waals surface area contributed by atoms with E-state index in [9.17, 15) is 18.0 Å². The second kappa shape index (κ2) is 10.5. The van der Waals surface area contributed by atoms with Crippen LogP contribution in [0, 0.1) is 12.8 Å². The number of methoxy groups -OCH3 is 1. The molecular formula is C23H27ClN2O6S. The summed E-state index contributed by atoms with van der Waals surface area (Å²) in [6.07, 6.45) is 1.65. The zero-order valence-corrected chi connectivity index (χ0v) is 20.3. The number of rotatable bonds is 7. The number of carbonyl (C=O) groups is 2. The molecule has 0 aliphatic carbocycles. The molecule has 33 heavy (non-hydrogen) atoms. The van der Waals surface area contributed by atoms with Crippen molar-refractivity contribution in [3.63, 3.8) is 0 Å². The van der Waals surface area contributed by atoms with Crippen LogP contribution in [0.15, 0.2) is 41.3 Å². The zero-order chi connectivity index (χ0) is 24.2. The molecule has 8 nitrogen and oxygen atoms in total. The second-order valence-corrected chi connectivity index (χ2v) is 10.4. The summed E-state index contributed by atoms with van der Waals surface area (Å²) in [6, 6.07) is 8.76. The summed E-state index contributed by atoms with van der Waals surface area (Å²) in [6.45, 7) is 4.35. The maximum absolute atomic E-state index is 12.8. The molecule has 0 bridgehead atoms. The molecule has 1 heterocycles. The van der Waals surface area contributed by atoms with Crippen molar-refractivity contribution in [3.8, 4) is 5.75 Å². The van der Waals surface area contributed by atoms with Crippen molar-refractivity contribution >= 4 is 39.2 Å². The Morgan fingerprint density at radius 1 is 1.15 bits per heavy atom. The number of sulfonamides is 1. The van der Waals surface area contributed by atoms with E-state index < -0.39 is 28.5 Å². The van der Waals surface area contributed by atoms with Crippen molar-refractivity contribution in [2.75, 3.05) is 32.1 Å². The van der Waals surface area contributed by atoms with Gasteiger partial charge in [-0.05, 0) is 61.6 Å². The molecule has 0 radical (unpaired) electrons. The highest BCUT2D eigenvalue weighted by molar-refractivity contribution is 7.89. The van der Waals surface area contributed by atoms with Gasteiger partial charge in [0.1, 0.15) is 5.75 Å². The molecule has 1 amide bonds. The average molecular weight is 495 g/mol. The molecule has 0 saturated carbocycles. The minimum Gasteiger partial charge on any atom is -0.495 e. The number of nitrogens with one attached hydrogen (secondary N) is 1. The molecule has 0 unspecified atom stereocenters. The van der Waals surface area contributed by atoms with Gasteiger partial charge in [0.2, 0.25) is 10.0 Å². The van der Waals surface area contributed by atoms with Crippen LogP contribution < -0.4 is 10.1 Å². The molecule has 0 spiro atoms. The normalized spacial score (nSPS) is 15.2. The molecular weight excluding hydrogens is 468 g/mol. The third kappa shape index (κ3) is 6.04. The van der Waals surface area contributed by atoms with Gasteiger partial charge >= 0.3 is 5.97 Å². The number of piperidine rings is 1. The number of esters is 1. The van der Waals surface area contributed by atoms with Gasteiger partial charge in [-0.15, -0.1) is 0 Å². The van der Waals surface area contributed by atoms with Gasteiger partial charge in [0, 0.05) is 24.2 Å². The van der Waals surface area contributed by atoms with E-state index in [-0.39, 0.29) is 10.5 Å². The number of aryl methyl sites for hydroxylation is 1. The van der Waals surface area contributed by atoms with E-state index in [4.69, 9.17) is 21.1 Å². The van der Waals surface area contributed by atoms with Crippen LogP contribution in [0.3, 0.4) is 0 Å². The van der Waals surface area contributed by atoms with Crippen LogP contribution in [0.5, 0.6) is 5.75 Å². The molecule has 178 valence electrons. The zero-order valence-electron chi connectivity index (χ0n) is 18.8. The molecule has 1 N–H and O–H groups in total. The molecule has 1 fully saturated rings. The molecule has 0 atom stereocenters. The van der Waals surface area contributed by atoms with Crippen LogP contribution >= 0.6 is 11.6 Å². The van der Waals surface area contributed by atoms with Crippen molar-refractivity contribution in [1.82, 2.24) is 4.31 Å². The van der Waals surface area contributed by atoms with Crippen LogP contribution in [0.1, 0.15) is 35.7 Å². The lowest BCUT2D eigenvalue weighted by Gasteiger charge is -2.29. The largest absolute Gasteiger partial charge is 0.495 e. The second-order valence-electron chi connectivity index (χ2n) is 8.04. The molecule has 2 aromatic carbocycles. The first kappa shape index (κ1) is 25.0. The predicted molar refractivity (Wildman–Crippen MR) is 125 cm³/mol. The van der Waals surface area contributed by atoms with Crippen molar-refractivity contribution in [2.24, 2.45) is 5.92 Å². The minimum atomic E-state index is -3.61. The Morgan fingerprint density at radius 2 is 1.79 bits per heavy atom. The van der Waals surface area contributed by atoms with Gasteiger partial charge in [-0.1, -0.05) is 18.5 Å². The first-order chi connectivity index (χ1) is 15.6. The lowest BCUT2D eigenvalue weighted by molar-refractivity contribution is -0.119. The quantitative estimate of drug-likeness (QED) is 0.586. The average Bonchev–Trinajstić information content (AvgIpc) is 2.80. The maximum atomic E-state index is 12.8. The summed E-state index contributed by atoms with van der Waals surface area (Å²) in [5, 5.41) is 3.12.